The second-order valence-corrected chi connectivity index (χ2v) is 6.77. The number of amides is 1. The lowest BCUT2D eigenvalue weighted by Gasteiger charge is -2.23. The first-order valence-electron chi connectivity index (χ1n) is 6.43. The summed E-state index contributed by atoms with van der Waals surface area (Å²) in [5.74, 6) is -1.03. The molecule has 0 unspecified atom stereocenters. The predicted molar refractivity (Wildman–Crippen MR) is 74.9 cm³/mol. The Morgan fingerprint density at radius 3 is 2.45 bits per heavy atom. The fraction of sp³-hybridized carbons (Fsp3) is 0.462. The van der Waals surface area contributed by atoms with Crippen LogP contribution in [0, 0.1) is 0 Å². The Bertz CT molecular complexity index is 563. The highest BCUT2D eigenvalue weighted by Gasteiger charge is 2.22. The van der Waals surface area contributed by atoms with Gasteiger partial charge in [0.2, 0.25) is 5.91 Å². The molecule has 1 aliphatic heterocycles. The van der Waals surface area contributed by atoms with Gasteiger partial charge in [-0.15, -0.1) is 0 Å². The zero-order valence-electron chi connectivity index (χ0n) is 11.0. The Hall–Kier alpha value is -1.60. The summed E-state index contributed by atoms with van der Waals surface area (Å²) in [4.78, 5) is 11.9. The van der Waals surface area contributed by atoms with Gasteiger partial charge >= 0.3 is 0 Å². The molecule has 3 N–H and O–H groups in total. The van der Waals surface area contributed by atoms with Crippen molar-refractivity contribution >= 4 is 21.4 Å². The molecule has 1 aromatic rings. The van der Waals surface area contributed by atoms with Gasteiger partial charge in [-0.05, 0) is 37.1 Å². The maximum atomic E-state index is 12.1. The van der Waals surface area contributed by atoms with E-state index in [1.807, 2.05) is 0 Å². The third kappa shape index (κ3) is 3.94. The molecular formula is C13H18N2O4S. The van der Waals surface area contributed by atoms with Gasteiger partial charge in [-0.3, -0.25) is 4.79 Å². The van der Waals surface area contributed by atoms with Crippen LogP contribution in [0.25, 0.3) is 0 Å². The van der Waals surface area contributed by atoms with Crippen LogP contribution >= 0.6 is 0 Å². The van der Waals surface area contributed by atoms with Gasteiger partial charge in [-0.1, -0.05) is 0 Å². The first-order chi connectivity index (χ1) is 9.47. The average Bonchev–Trinajstić information content (AvgIpc) is 2.39. The van der Waals surface area contributed by atoms with Crippen molar-refractivity contribution < 1.29 is 17.9 Å². The van der Waals surface area contributed by atoms with Crippen molar-refractivity contribution in [2.75, 3.05) is 24.7 Å². The van der Waals surface area contributed by atoms with Crippen molar-refractivity contribution in [2.24, 2.45) is 0 Å². The lowest BCUT2D eigenvalue weighted by molar-refractivity contribution is -0.119. The second kappa shape index (κ2) is 6.23. The van der Waals surface area contributed by atoms with E-state index in [-0.39, 0.29) is 10.9 Å². The van der Waals surface area contributed by atoms with Crippen LogP contribution in [-0.2, 0) is 19.4 Å². The van der Waals surface area contributed by atoms with Gasteiger partial charge in [-0.25, -0.2) is 8.42 Å². The van der Waals surface area contributed by atoms with Gasteiger partial charge in [0, 0.05) is 24.9 Å². The molecule has 0 aromatic heterocycles. The SMILES string of the molecule is Nc1ccc(S(=O)(=O)CC(=O)NC2CCOCC2)cc1. The van der Waals surface area contributed by atoms with E-state index in [2.05, 4.69) is 5.32 Å². The molecule has 20 heavy (non-hydrogen) atoms. The summed E-state index contributed by atoms with van der Waals surface area (Å²) < 4.78 is 29.3. The Morgan fingerprint density at radius 1 is 1.25 bits per heavy atom. The number of ether oxygens (including phenoxy) is 1. The van der Waals surface area contributed by atoms with Crippen LogP contribution in [0.1, 0.15) is 12.8 Å². The Balaban J connectivity index is 1.97. The van der Waals surface area contributed by atoms with Gasteiger partial charge < -0.3 is 15.8 Å². The number of rotatable bonds is 4. The van der Waals surface area contributed by atoms with Crippen LogP contribution in [0.2, 0.25) is 0 Å². The maximum absolute atomic E-state index is 12.1. The van der Waals surface area contributed by atoms with Crippen LogP contribution in [-0.4, -0.2) is 39.3 Å². The number of carbonyl (C=O) groups excluding carboxylic acids is 1. The van der Waals surface area contributed by atoms with Gasteiger partial charge in [0.1, 0.15) is 5.75 Å². The third-order valence-electron chi connectivity index (χ3n) is 3.15. The number of hydrogen-bond acceptors (Lipinski definition) is 5. The largest absolute Gasteiger partial charge is 0.399 e. The lowest BCUT2D eigenvalue weighted by atomic mass is 10.1. The van der Waals surface area contributed by atoms with Gasteiger partial charge in [0.25, 0.3) is 0 Å². The van der Waals surface area contributed by atoms with E-state index >= 15 is 0 Å². The molecule has 110 valence electrons. The van der Waals surface area contributed by atoms with Crippen molar-refractivity contribution in [3.05, 3.63) is 24.3 Å². The van der Waals surface area contributed by atoms with Gasteiger partial charge in [-0.2, -0.15) is 0 Å². The highest BCUT2D eigenvalue weighted by atomic mass is 32.2. The van der Waals surface area contributed by atoms with Crippen LogP contribution in [0.3, 0.4) is 0 Å². The topological polar surface area (TPSA) is 98.5 Å². The zero-order valence-corrected chi connectivity index (χ0v) is 11.9. The minimum absolute atomic E-state index is 0.00197. The fourth-order valence-electron chi connectivity index (χ4n) is 2.04. The molecule has 2 rings (SSSR count). The molecule has 0 bridgehead atoms. The van der Waals surface area contributed by atoms with Crippen LogP contribution in [0.5, 0.6) is 0 Å². The summed E-state index contributed by atoms with van der Waals surface area (Å²) in [6.45, 7) is 1.19. The number of carbonyl (C=O) groups is 1. The zero-order chi connectivity index (χ0) is 14.6. The number of nitrogens with one attached hydrogen (secondary N) is 1. The molecule has 7 heteroatoms. The normalized spacial score (nSPS) is 16.8. The lowest BCUT2D eigenvalue weighted by Crippen LogP contribution is -2.41. The monoisotopic (exact) mass is 298 g/mol. The first kappa shape index (κ1) is 14.8. The Kier molecular flexibility index (Phi) is 4.61. The van der Waals surface area contributed by atoms with Gasteiger partial charge in [0.05, 0.1) is 4.90 Å². The first-order valence-corrected chi connectivity index (χ1v) is 8.08. The molecule has 1 fully saturated rings. The summed E-state index contributed by atoms with van der Waals surface area (Å²) >= 11 is 0. The van der Waals surface area contributed by atoms with E-state index in [0.29, 0.717) is 31.7 Å². The summed E-state index contributed by atoms with van der Waals surface area (Å²) in [7, 11) is -3.63. The number of nitrogens with two attached hydrogens (primary N) is 1. The summed E-state index contributed by atoms with van der Waals surface area (Å²) in [6, 6.07) is 5.82. The van der Waals surface area contributed by atoms with E-state index in [1.54, 1.807) is 0 Å². The van der Waals surface area contributed by atoms with Crippen LogP contribution < -0.4 is 11.1 Å². The molecule has 0 aliphatic carbocycles. The molecule has 1 amide bonds. The standard InChI is InChI=1S/C13H18N2O4S/c14-10-1-3-12(4-2-10)20(17,18)9-13(16)15-11-5-7-19-8-6-11/h1-4,11H,5-9,14H2,(H,15,16). The molecular weight excluding hydrogens is 280 g/mol. The molecule has 0 atom stereocenters. The summed E-state index contributed by atoms with van der Waals surface area (Å²) in [5, 5.41) is 2.73. The average molecular weight is 298 g/mol. The minimum atomic E-state index is -3.63. The molecule has 0 saturated carbocycles. The van der Waals surface area contributed by atoms with Crippen molar-refractivity contribution in [1.29, 1.82) is 0 Å². The number of anilines is 1. The number of benzene rings is 1. The Morgan fingerprint density at radius 2 is 1.85 bits per heavy atom. The van der Waals surface area contributed by atoms with Crippen molar-refractivity contribution in [3.63, 3.8) is 0 Å². The smallest absolute Gasteiger partial charge is 0.235 e. The highest BCUT2D eigenvalue weighted by molar-refractivity contribution is 7.92. The van der Waals surface area contributed by atoms with Crippen LogP contribution in [0.4, 0.5) is 5.69 Å². The number of nitrogen functional groups attached to an aromatic ring is 1. The number of hydrogen-bond donors (Lipinski definition) is 2. The van der Waals surface area contributed by atoms with E-state index in [0.717, 1.165) is 0 Å². The molecule has 1 aliphatic rings. The number of sulfone groups is 1. The quantitative estimate of drug-likeness (QED) is 0.781. The third-order valence-corrected chi connectivity index (χ3v) is 4.78. The van der Waals surface area contributed by atoms with E-state index in [1.165, 1.54) is 24.3 Å². The fourth-order valence-corrected chi connectivity index (χ4v) is 3.19. The van der Waals surface area contributed by atoms with Crippen molar-refractivity contribution in [2.45, 2.75) is 23.8 Å². The highest BCUT2D eigenvalue weighted by Crippen LogP contribution is 2.14. The summed E-state index contributed by atoms with van der Waals surface area (Å²) in [5.41, 5.74) is 5.99. The Labute approximate surface area is 118 Å². The molecule has 1 heterocycles. The maximum Gasteiger partial charge on any atom is 0.235 e. The van der Waals surface area contributed by atoms with E-state index in [4.69, 9.17) is 10.5 Å². The van der Waals surface area contributed by atoms with E-state index in [9.17, 15) is 13.2 Å². The second-order valence-electron chi connectivity index (χ2n) is 4.78. The van der Waals surface area contributed by atoms with E-state index < -0.39 is 21.5 Å². The summed E-state index contributed by atoms with van der Waals surface area (Å²) in [6.07, 6.45) is 1.43. The molecule has 1 aromatic carbocycles. The molecule has 6 nitrogen and oxygen atoms in total. The van der Waals surface area contributed by atoms with Crippen molar-refractivity contribution in [3.8, 4) is 0 Å². The molecule has 0 spiro atoms. The minimum Gasteiger partial charge on any atom is -0.399 e. The predicted octanol–water partition coefficient (Wildman–Crippen LogP) is 0.338. The van der Waals surface area contributed by atoms with Crippen molar-refractivity contribution in [1.82, 2.24) is 5.32 Å². The molecule has 0 radical (unpaired) electrons. The molecule has 1 saturated heterocycles. The van der Waals surface area contributed by atoms with Gasteiger partial charge in [0.15, 0.2) is 9.84 Å². The van der Waals surface area contributed by atoms with Crippen LogP contribution in [0.15, 0.2) is 29.2 Å².